The lowest BCUT2D eigenvalue weighted by Crippen LogP contribution is -2.52. The van der Waals surface area contributed by atoms with Crippen LogP contribution in [0.3, 0.4) is 0 Å². The van der Waals surface area contributed by atoms with Gasteiger partial charge < -0.3 is 15.0 Å². The predicted octanol–water partition coefficient (Wildman–Crippen LogP) is 2.82. The molecule has 2 aromatic rings. The maximum Gasteiger partial charge on any atom is 0.193 e. The van der Waals surface area contributed by atoms with Gasteiger partial charge in [0.15, 0.2) is 5.96 Å². The standard InChI is InChI=1S/C23H34N6O.HI/c1-4-21(28-10-9-18-7-5-6-8-19(18)16-28)14-25-23(24-2)29-11-12-30-22(17-29)20-13-26-27(3)15-20;/h5-8,13,15,21-22H,4,9-12,14,16-17H2,1-3H3,(H,24,25);1H. The van der Waals surface area contributed by atoms with Crippen LogP contribution in [0, 0.1) is 0 Å². The molecule has 0 aliphatic carbocycles. The van der Waals surface area contributed by atoms with E-state index in [1.807, 2.05) is 31.2 Å². The second-order valence-corrected chi connectivity index (χ2v) is 8.23. The molecule has 0 spiro atoms. The summed E-state index contributed by atoms with van der Waals surface area (Å²) in [5.74, 6) is 0.961. The molecule has 0 amide bonds. The minimum Gasteiger partial charge on any atom is -0.370 e. The van der Waals surface area contributed by atoms with Gasteiger partial charge in [0.2, 0.25) is 0 Å². The van der Waals surface area contributed by atoms with Crippen LogP contribution in [-0.4, -0.2) is 71.4 Å². The zero-order valence-electron chi connectivity index (χ0n) is 18.8. The summed E-state index contributed by atoms with van der Waals surface area (Å²) in [4.78, 5) is 9.49. The normalized spacial score (nSPS) is 20.7. The van der Waals surface area contributed by atoms with E-state index in [-0.39, 0.29) is 30.1 Å². The summed E-state index contributed by atoms with van der Waals surface area (Å²) < 4.78 is 7.82. The molecule has 2 atom stereocenters. The number of aliphatic imine (C=N–C) groups is 1. The van der Waals surface area contributed by atoms with Crippen molar-refractivity contribution in [2.24, 2.45) is 12.0 Å². The van der Waals surface area contributed by atoms with Gasteiger partial charge in [-0.3, -0.25) is 14.6 Å². The monoisotopic (exact) mass is 538 g/mol. The van der Waals surface area contributed by atoms with Gasteiger partial charge in [0.25, 0.3) is 0 Å². The van der Waals surface area contributed by atoms with Crippen molar-refractivity contribution >= 4 is 29.9 Å². The van der Waals surface area contributed by atoms with Crippen molar-refractivity contribution < 1.29 is 4.74 Å². The highest BCUT2D eigenvalue weighted by atomic mass is 127. The molecular formula is C23H35IN6O. The van der Waals surface area contributed by atoms with E-state index >= 15 is 0 Å². The molecule has 0 radical (unpaired) electrons. The number of nitrogens with one attached hydrogen (secondary N) is 1. The zero-order chi connectivity index (χ0) is 20.9. The van der Waals surface area contributed by atoms with Crippen molar-refractivity contribution in [3.63, 3.8) is 0 Å². The van der Waals surface area contributed by atoms with Crippen LogP contribution in [0.5, 0.6) is 0 Å². The summed E-state index contributed by atoms with van der Waals surface area (Å²) in [6, 6.07) is 9.33. The highest BCUT2D eigenvalue weighted by molar-refractivity contribution is 14.0. The summed E-state index contributed by atoms with van der Waals surface area (Å²) in [5.41, 5.74) is 4.09. The van der Waals surface area contributed by atoms with Crippen molar-refractivity contribution in [2.45, 2.75) is 38.5 Å². The molecule has 1 fully saturated rings. The summed E-state index contributed by atoms with van der Waals surface area (Å²) >= 11 is 0. The summed E-state index contributed by atoms with van der Waals surface area (Å²) in [6.07, 6.45) is 6.22. The number of nitrogens with zero attached hydrogens (tertiary/aromatic N) is 5. The minimum absolute atomic E-state index is 0. The average molecular weight is 538 g/mol. The van der Waals surface area contributed by atoms with E-state index in [0.29, 0.717) is 12.6 Å². The Kier molecular flexibility index (Phi) is 8.74. The molecule has 2 aliphatic rings. The van der Waals surface area contributed by atoms with Gasteiger partial charge in [0, 0.05) is 58.1 Å². The Morgan fingerprint density at radius 2 is 2.10 bits per heavy atom. The number of benzene rings is 1. The Morgan fingerprint density at radius 1 is 1.29 bits per heavy atom. The Labute approximate surface area is 202 Å². The van der Waals surface area contributed by atoms with Gasteiger partial charge in [-0.25, -0.2) is 0 Å². The third-order valence-electron chi connectivity index (χ3n) is 6.32. The number of aryl methyl sites for hydroxylation is 1. The van der Waals surface area contributed by atoms with Crippen molar-refractivity contribution in [1.29, 1.82) is 0 Å². The predicted molar refractivity (Wildman–Crippen MR) is 135 cm³/mol. The van der Waals surface area contributed by atoms with Crippen LogP contribution >= 0.6 is 24.0 Å². The molecule has 1 saturated heterocycles. The Balaban J connectivity index is 0.00000272. The topological polar surface area (TPSA) is 57.9 Å². The molecule has 4 rings (SSSR count). The molecule has 170 valence electrons. The van der Waals surface area contributed by atoms with Crippen molar-refractivity contribution in [3.05, 3.63) is 53.3 Å². The van der Waals surface area contributed by atoms with Gasteiger partial charge in [-0.2, -0.15) is 5.10 Å². The van der Waals surface area contributed by atoms with Crippen LogP contribution in [0.2, 0.25) is 0 Å². The molecule has 0 saturated carbocycles. The molecule has 0 bridgehead atoms. The first-order valence-electron chi connectivity index (χ1n) is 11.0. The number of morpholine rings is 1. The zero-order valence-corrected chi connectivity index (χ0v) is 21.2. The Bertz CT molecular complexity index is 869. The first kappa shape index (κ1) is 24.0. The van der Waals surface area contributed by atoms with Gasteiger partial charge in [-0.1, -0.05) is 31.2 Å². The third-order valence-corrected chi connectivity index (χ3v) is 6.32. The molecule has 1 N–H and O–H groups in total. The van der Waals surface area contributed by atoms with E-state index in [2.05, 4.69) is 56.4 Å². The molecule has 31 heavy (non-hydrogen) atoms. The smallest absolute Gasteiger partial charge is 0.193 e. The van der Waals surface area contributed by atoms with E-state index < -0.39 is 0 Å². The SMILES string of the molecule is CCC(CNC(=NC)N1CCOC(c2cnn(C)c2)C1)N1CCc2ccccc2C1.I. The lowest BCUT2D eigenvalue weighted by Gasteiger charge is -2.38. The quantitative estimate of drug-likeness (QED) is 0.361. The van der Waals surface area contributed by atoms with Gasteiger partial charge in [0.05, 0.1) is 19.3 Å². The lowest BCUT2D eigenvalue weighted by molar-refractivity contribution is -0.00816. The molecular weight excluding hydrogens is 503 g/mol. The minimum atomic E-state index is 0. The largest absolute Gasteiger partial charge is 0.370 e. The number of rotatable bonds is 5. The van der Waals surface area contributed by atoms with Crippen LogP contribution in [-0.2, 0) is 24.8 Å². The molecule has 1 aromatic carbocycles. The number of ether oxygens (including phenoxy) is 1. The van der Waals surface area contributed by atoms with Crippen molar-refractivity contribution in [1.82, 2.24) is 24.9 Å². The van der Waals surface area contributed by atoms with E-state index in [0.717, 1.165) is 57.1 Å². The molecule has 2 aliphatic heterocycles. The van der Waals surface area contributed by atoms with Gasteiger partial charge in [0.1, 0.15) is 6.10 Å². The van der Waals surface area contributed by atoms with Crippen molar-refractivity contribution in [2.75, 3.05) is 39.8 Å². The maximum absolute atomic E-state index is 5.99. The number of guanidine groups is 1. The van der Waals surface area contributed by atoms with E-state index in [4.69, 9.17) is 4.74 Å². The van der Waals surface area contributed by atoms with Gasteiger partial charge >= 0.3 is 0 Å². The maximum atomic E-state index is 5.99. The number of hydrogen-bond acceptors (Lipinski definition) is 4. The van der Waals surface area contributed by atoms with Crippen LogP contribution in [0.15, 0.2) is 41.7 Å². The third kappa shape index (κ3) is 5.78. The number of aromatic nitrogens is 2. The van der Waals surface area contributed by atoms with Crippen LogP contribution in [0.4, 0.5) is 0 Å². The highest BCUT2D eigenvalue weighted by Crippen LogP contribution is 2.23. The van der Waals surface area contributed by atoms with E-state index in [9.17, 15) is 0 Å². The lowest BCUT2D eigenvalue weighted by atomic mass is 9.98. The number of halogens is 1. The van der Waals surface area contributed by atoms with Crippen LogP contribution < -0.4 is 5.32 Å². The first-order valence-corrected chi connectivity index (χ1v) is 11.0. The molecule has 7 nitrogen and oxygen atoms in total. The molecule has 2 unspecified atom stereocenters. The van der Waals surface area contributed by atoms with Gasteiger partial charge in [-0.05, 0) is 24.0 Å². The Hall–Kier alpha value is -1.65. The summed E-state index contributed by atoms with van der Waals surface area (Å²) in [7, 11) is 3.81. The fourth-order valence-corrected chi connectivity index (χ4v) is 4.55. The summed E-state index contributed by atoms with van der Waals surface area (Å²) in [5, 5.41) is 7.93. The fraction of sp³-hybridized carbons (Fsp3) is 0.565. The second kappa shape index (κ2) is 11.3. The van der Waals surface area contributed by atoms with Gasteiger partial charge in [-0.15, -0.1) is 24.0 Å². The number of fused-ring (bicyclic) bond motifs is 1. The molecule has 1 aromatic heterocycles. The highest BCUT2D eigenvalue weighted by Gasteiger charge is 2.27. The van der Waals surface area contributed by atoms with Crippen LogP contribution in [0.25, 0.3) is 0 Å². The van der Waals surface area contributed by atoms with Crippen LogP contribution in [0.1, 0.15) is 36.1 Å². The van der Waals surface area contributed by atoms with E-state index in [1.54, 1.807) is 0 Å². The van der Waals surface area contributed by atoms with Crippen molar-refractivity contribution in [3.8, 4) is 0 Å². The summed E-state index contributed by atoms with van der Waals surface area (Å²) in [6.45, 7) is 7.68. The molecule has 3 heterocycles. The first-order chi connectivity index (χ1) is 14.7. The average Bonchev–Trinajstić information content (AvgIpc) is 3.23. The number of hydrogen-bond donors (Lipinski definition) is 1. The second-order valence-electron chi connectivity index (χ2n) is 8.23. The fourth-order valence-electron chi connectivity index (χ4n) is 4.55. The molecule has 8 heteroatoms. The Morgan fingerprint density at radius 3 is 2.81 bits per heavy atom. The van der Waals surface area contributed by atoms with E-state index in [1.165, 1.54) is 11.1 Å².